The summed E-state index contributed by atoms with van der Waals surface area (Å²) >= 11 is 12.2. The molecule has 0 aromatic heterocycles. The van der Waals surface area contributed by atoms with E-state index in [9.17, 15) is 0 Å². The molecule has 0 unspecified atom stereocenters. The number of halogens is 2. The summed E-state index contributed by atoms with van der Waals surface area (Å²) in [5.41, 5.74) is 8.50. The van der Waals surface area contributed by atoms with E-state index in [2.05, 4.69) is 0 Å². The van der Waals surface area contributed by atoms with Crippen molar-refractivity contribution in [2.75, 3.05) is 7.11 Å². The van der Waals surface area contributed by atoms with E-state index in [0.717, 1.165) is 22.4 Å². The second-order valence-electron chi connectivity index (χ2n) is 3.83. The maximum absolute atomic E-state index is 6.20. The molecular formula is C14H13Cl2NO. The van der Waals surface area contributed by atoms with E-state index >= 15 is 0 Å². The Hall–Kier alpha value is -1.22. The van der Waals surface area contributed by atoms with E-state index in [0.29, 0.717) is 16.6 Å². The first-order valence-electron chi connectivity index (χ1n) is 5.48. The fourth-order valence-corrected chi connectivity index (χ4v) is 2.24. The first kappa shape index (κ1) is 13.2. The minimum Gasteiger partial charge on any atom is -0.496 e. The number of nitrogens with two attached hydrogens (primary N) is 1. The molecule has 2 N–H and O–H groups in total. The van der Waals surface area contributed by atoms with Gasteiger partial charge in [0.25, 0.3) is 0 Å². The Morgan fingerprint density at radius 3 is 2.61 bits per heavy atom. The van der Waals surface area contributed by atoms with Crippen molar-refractivity contribution < 1.29 is 4.74 Å². The van der Waals surface area contributed by atoms with Crippen LogP contribution in [0.15, 0.2) is 36.4 Å². The summed E-state index contributed by atoms with van der Waals surface area (Å²) in [4.78, 5) is 0. The number of benzene rings is 2. The van der Waals surface area contributed by atoms with Crippen LogP contribution in [0.4, 0.5) is 0 Å². The number of hydrogen-bond acceptors (Lipinski definition) is 2. The van der Waals surface area contributed by atoms with Gasteiger partial charge in [-0.2, -0.15) is 0 Å². The Balaban J connectivity index is 2.54. The molecule has 18 heavy (non-hydrogen) atoms. The van der Waals surface area contributed by atoms with Crippen molar-refractivity contribution in [1.29, 1.82) is 0 Å². The highest BCUT2D eigenvalue weighted by Crippen LogP contribution is 2.35. The van der Waals surface area contributed by atoms with E-state index in [4.69, 9.17) is 33.7 Å². The quantitative estimate of drug-likeness (QED) is 0.918. The maximum atomic E-state index is 6.20. The molecule has 0 spiro atoms. The Morgan fingerprint density at radius 2 is 1.94 bits per heavy atom. The molecule has 0 saturated carbocycles. The van der Waals surface area contributed by atoms with Crippen molar-refractivity contribution in [1.82, 2.24) is 0 Å². The van der Waals surface area contributed by atoms with Crippen LogP contribution in [-0.4, -0.2) is 7.11 Å². The zero-order valence-electron chi connectivity index (χ0n) is 9.91. The molecule has 0 heterocycles. The van der Waals surface area contributed by atoms with Crippen molar-refractivity contribution >= 4 is 23.2 Å². The normalized spacial score (nSPS) is 10.4. The number of methoxy groups -OCH3 is 1. The first-order chi connectivity index (χ1) is 8.67. The van der Waals surface area contributed by atoms with Crippen LogP contribution in [0.5, 0.6) is 5.75 Å². The van der Waals surface area contributed by atoms with Gasteiger partial charge in [0.2, 0.25) is 0 Å². The van der Waals surface area contributed by atoms with Crippen LogP contribution in [0.2, 0.25) is 10.0 Å². The molecule has 0 atom stereocenters. The molecule has 0 saturated heterocycles. The number of rotatable bonds is 3. The van der Waals surface area contributed by atoms with E-state index in [1.807, 2.05) is 30.3 Å². The van der Waals surface area contributed by atoms with Crippen LogP contribution in [0.3, 0.4) is 0 Å². The predicted octanol–water partition coefficient (Wildman–Crippen LogP) is 4.13. The maximum Gasteiger partial charge on any atom is 0.123 e. The van der Waals surface area contributed by atoms with Crippen molar-refractivity contribution in [3.63, 3.8) is 0 Å². The number of ether oxygens (including phenoxy) is 1. The van der Waals surface area contributed by atoms with Crippen LogP contribution in [0.1, 0.15) is 5.56 Å². The van der Waals surface area contributed by atoms with Gasteiger partial charge in [-0.1, -0.05) is 41.4 Å². The second-order valence-corrected chi connectivity index (χ2v) is 4.62. The lowest BCUT2D eigenvalue weighted by Gasteiger charge is -2.11. The lowest BCUT2D eigenvalue weighted by atomic mass is 10.0. The molecule has 0 aliphatic rings. The van der Waals surface area contributed by atoms with Gasteiger partial charge in [0, 0.05) is 17.7 Å². The average Bonchev–Trinajstić information content (AvgIpc) is 2.41. The third kappa shape index (κ3) is 2.46. The molecule has 0 amide bonds. The van der Waals surface area contributed by atoms with Crippen molar-refractivity contribution in [3.8, 4) is 16.9 Å². The Labute approximate surface area is 116 Å². The largest absolute Gasteiger partial charge is 0.496 e. The molecule has 0 fully saturated rings. The van der Waals surface area contributed by atoms with Gasteiger partial charge in [0.15, 0.2) is 0 Å². The van der Waals surface area contributed by atoms with Gasteiger partial charge in [-0.25, -0.2) is 0 Å². The standard InChI is InChI=1S/C14H13Cl2NO/c1-18-13-6-5-9(7-10(13)8-17)11-3-2-4-12(15)14(11)16/h2-7H,8,17H2,1H3. The van der Waals surface area contributed by atoms with Crippen molar-refractivity contribution in [2.45, 2.75) is 6.54 Å². The Morgan fingerprint density at radius 1 is 1.17 bits per heavy atom. The molecule has 94 valence electrons. The molecule has 2 aromatic carbocycles. The van der Waals surface area contributed by atoms with Gasteiger partial charge in [0.1, 0.15) is 5.75 Å². The van der Waals surface area contributed by atoms with E-state index in [1.165, 1.54) is 0 Å². The molecule has 4 heteroatoms. The summed E-state index contributed by atoms with van der Waals surface area (Å²) in [5.74, 6) is 0.777. The predicted molar refractivity (Wildman–Crippen MR) is 76.3 cm³/mol. The molecular weight excluding hydrogens is 269 g/mol. The molecule has 0 aliphatic heterocycles. The van der Waals surface area contributed by atoms with Gasteiger partial charge in [-0.05, 0) is 23.8 Å². The van der Waals surface area contributed by atoms with Crippen molar-refractivity contribution in [3.05, 3.63) is 52.0 Å². The third-order valence-corrected chi connectivity index (χ3v) is 3.58. The summed E-state index contributed by atoms with van der Waals surface area (Å²) in [5, 5.41) is 1.09. The SMILES string of the molecule is COc1ccc(-c2cccc(Cl)c2Cl)cc1CN. The lowest BCUT2D eigenvalue weighted by Crippen LogP contribution is -2.00. The second kappa shape index (κ2) is 5.61. The van der Waals surface area contributed by atoms with E-state index in [1.54, 1.807) is 13.2 Å². The summed E-state index contributed by atoms with van der Waals surface area (Å²) in [6, 6.07) is 11.4. The van der Waals surface area contributed by atoms with E-state index < -0.39 is 0 Å². The van der Waals surface area contributed by atoms with Crippen molar-refractivity contribution in [2.24, 2.45) is 5.73 Å². The summed E-state index contributed by atoms with van der Waals surface area (Å²) in [6.45, 7) is 0.412. The van der Waals surface area contributed by atoms with Gasteiger partial charge in [0.05, 0.1) is 17.2 Å². The minimum atomic E-state index is 0.412. The summed E-state index contributed by atoms with van der Waals surface area (Å²) in [7, 11) is 1.63. The van der Waals surface area contributed by atoms with Crippen LogP contribution in [0.25, 0.3) is 11.1 Å². The Bertz CT molecular complexity index is 570. The fraction of sp³-hybridized carbons (Fsp3) is 0.143. The highest BCUT2D eigenvalue weighted by molar-refractivity contribution is 6.43. The van der Waals surface area contributed by atoms with Gasteiger partial charge >= 0.3 is 0 Å². The topological polar surface area (TPSA) is 35.2 Å². The molecule has 2 nitrogen and oxygen atoms in total. The highest BCUT2D eigenvalue weighted by Gasteiger charge is 2.09. The van der Waals surface area contributed by atoms with Crippen LogP contribution in [0, 0.1) is 0 Å². The number of hydrogen-bond donors (Lipinski definition) is 1. The lowest BCUT2D eigenvalue weighted by molar-refractivity contribution is 0.410. The van der Waals surface area contributed by atoms with Crippen LogP contribution < -0.4 is 10.5 Å². The zero-order chi connectivity index (χ0) is 13.1. The van der Waals surface area contributed by atoms with Gasteiger partial charge < -0.3 is 10.5 Å². The molecule has 0 radical (unpaired) electrons. The smallest absolute Gasteiger partial charge is 0.123 e. The zero-order valence-corrected chi connectivity index (χ0v) is 11.4. The molecule has 2 rings (SSSR count). The third-order valence-electron chi connectivity index (χ3n) is 2.76. The molecule has 0 aliphatic carbocycles. The average molecular weight is 282 g/mol. The molecule has 0 bridgehead atoms. The first-order valence-corrected chi connectivity index (χ1v) is 6.24. The molecule has 2 aromatic rings. The van der Waals surface area contributed by atoms with Crippen LogP contribution in [-0.2, 0) is 6.54 Å². The van der Waals surface area contributed by atoms with Crippen LogP contribution >= 0.6 is 23.2 Å². The summed E-state index contributed by atoms with van der Waals surface area (Å²) < 4.78 is 5.24. The van der Waals surface area contributed by atoms with Gasteiger partial charge in [-0.15, -0.1) is 0 Å². The minimum absolute atomic E-state index is 0.412. The highest BCUT2D eigenvalue weighted by atomic mass is 35.5. The monoisotopic (exact) mass is 281 g/mol. The summed E-state index contributed by atoms with van der Waals surface area (Å²) in [6.07, 6.45) is 0. The fourth-order valence-electron chi connectivity index (χ4n) is 1.83. The van der Waals surface area contributed by atoms with Gasteiger partial charge in [-0.3, -0.25) is 0 Å². The van der Waals surface area contributed by atoms with E-state index in [-0.39, 0.29) is 0 Å². The Kier molecular flexibility index (Phi) is 4.12.